The maximum absolute atomic E-state index is 10.4. The van der Waals surface area contributed by atoms with Crippen LogP contribution in [-0.4, -0.2) is 162 Å². The number of nitriles is 1. The standard InChI is InChI=1S/C11H14ClN5.C8H9ClN4O2S.C7H8ClN5O2S.C7H13N3O2S.C5H8N2O2S/c1-16(2)11(15-8-13)17(3)7-9-4-5-10(12)14-6-9;9-8-11-3-6(16-8)4-12-2-1-10-7(12)5-13(14)15;8-6-10-3-5(16-6)4-12-2-1-9-7(12)11-13(14)15;1-13-5-4-9-3-2-8-7(9)6-10(11)12;8-7(9)4-5-6-2-1-3-10-5/h4-6H,7H2,1-3H3;3,5,10H,1-2,4H2;3H,1-2,4H2,(H,9,11);6,8H,2-5H2,1H3;4,6H,1-3H2/b;7-5+;;;. The first kappa shape index (κ1) is 60.1. The summed E-state index contributed by atoms with van der Waals surface area (Å²) in [7, 11) is 5.55. The third-order valence-electron chi connectivity index (χ3n) is 9.16. The van der Waals surface area contributed by atoms with E-state index in [-0.39, 0.29) is 5.96 Å². The minimum atomic E-state index is -0.708. The number of halogens is 3. The van der Waals surface area contributed by atoms with Gasteiger partial charge in [-0.25, -0.2) is 25.1 Å². The van der Waals surface area contributed by atoms with Gasteiger partial charge in [0.2, 0.25) is 12.2 Å². The molecule has 0 radical (unpaired) electrons. The Labute approximate surface area is 445 Å². The Morgan fingerprint density at radius 3 is 1.86 bits per heavy atom. The minimum Gasteiger partial charge on any atom is -0.375 e. The Bertz CT molecular complexity index is 2350. The zero-order valence-electron chi connectivity index (χ0n) is 39.3. The number of nitro groups is 4. The Hall–Kier alpha value is -6.17. The fraction of sp³-hybridized carbons (Fsp3) is 0.474. The average Bonchev–Trinajstić information content (AvgIpc) is 4.19. The van der Waals surface area contributed by atoms with Crippen LogP contribution in [0, 0.1) is 51.9 Å². The van der Waals surface area contributed by atoms with Gasteiger partial charge in [0.15, 0.2) is 25.6 Å². The molecule has 72 heavy (non-hydrogen) atoms. The molecule has 0 unspecified atom stereocenters. The van der Waals surface area contributed by atoms with E-state index in [0.717, 1.165) is 84.6 Å². The molecule has 0 bridgehead atoms. The van der Waals surface area contributed by atoms with E-state index in [1.807, 2.05) is 48.2 Å². The molecule has 27 nitrogen and oxygen atoms in total. The first-order valence-electron chi connectivity index (χ1n) is 21.1. The third-order valence-corrected chi connectivity index (χ3v) is 13.2. The molecule has 0 spiro atoms. The predicted octanol–water partition coefficient (Wildman–Crippen LogP) is 4.71. The average molecular weight is 1140 g/mol. The maximum atomic E-state index is 10.4. The van der Waals surface area contributed by atoms with Crippen molar-refractivity contribution in [3.8, 4) is 6.19 Å². The summed E-state index contributed by atoms with van der Waals surface area (Å²) in [5, 5.41) is 64.9. The highest BCUT2D eigenvalue weighted by Gasteiger charge is 2.23. The van der Waals surface area contributed by atoms with Gasteiger partial charge in [-0.2, -0.15) is 17.0 Å². The molecule has 4 N–H and O–H groups in total. The van der Waals surface area contributed by atoms with Crippen LogP contribution in [0.4, 0.5) is 0 Å². The highest BCUT2D eigenvalue weighted by Crippen LogP contribution is 2.22. The van der Waals surface area contributed by atoms with Crippen LogP contribution in [0.25, 0.3) is 0 Å². The lowest BCUT2D eigenvalue weighted by molar-refractivity contribution is -0.485. The molecule has 34 heteroatoms. The summed E-state index contributed by atoms with van der Waals surface area (Å²) in [4.78, 5) is 66.4. The van der Waals surface area contributed by atoms with Crippen molar-refractivity contribution in [2.75, 3.05) is 91.3 Å². The molecule has 4 fully saturated rings. The van der Waals surface area contributed by atoms with Gasteiger partial charge in [0.05, 0.1) is 27.9 Å². The summed E-state index contributed by atoms with van der Waals surface area (Å²) in [5.74, 6) is 4.04. The molecule has 3 aromatic heterocycles. The fourth-order valence-electron chi connectivity index (χ4n) is 6.21. The van der Waals surface area contributed by atoms with Gasteiger partial charge >= 0.3 is 0 Å². The van der Waals surface area contributed by atoms with Crippen molar-refractivity contribution in [3.05, 3.63) is 136 Å². The largest absolute Gasteiger partial charge is 0.375 e. The van der Waals surface area contributed by atoms with Gasteiger partial charge in [-0.15, -0.1) is 39.4 Å². The molecule has 0 aromatic carbocycles. The molecule has 7 heterocycles. The molecule has 4 aliphatic rings. The minimum absolute atomic E-state index is 0.287. The molecule has 0 atom stereocenters. The normalized spacial score (nSPS) is 17.0. The van der Waals surface area contributed by atoms with Crippen LogP contribution in [0.3, 0.4) is 0 Å². The number of hydrogen-bond acceptors (Lipinski definition) is 22. The summed E-state index contributed by atoms with van der Waals surface area (Å²) in [6.45, 7) is 7.92. The lowest BCUT2D eigenvalue weighted by atomic mass is 10.3. The lowest BCUT2D eigenvalue weighted by Gasteiger charge is -2.25. The van der Waals surface area contributed by atoms with E-state index in [4.69, 9.17) is 40.1 Å². The monoisotopic (exact) mass is 1140 g/mol. The highest BCUT2D eigenvalue weighted by atomic mass is 35.5. The molecule has 3 aromatic rings. The van der Waals surface area contributed by atoms with Gasteiger partial charge in [-0.05, 0) is 24.3 Å². The summed E-state index contributed by atoms with van der Waals surface area (Å²) in [6.07, 6.45) is 13.0. The van der Waals surface area contributed by atoms with E-state index in [1.54, 1.807) is 52.4 Å². The number of nitrogens with one attached hydrogen (secondary N) is 4. The number of thioether (sulfide) groups is 2. The summed E-state index contributed by atoms with van der Waals surface area (Å²) in [5.41, 5.74) is 1.00. The second-order valence-corrected chi connectivity index (χ2v) is 20.6. The molecule has 392 valence electrons. The highest BCUT2D eigenvalue weighted by molar-refractivity contribution is 8.03. The molecular weight excluding hydrogens is 1090 g/mol. The Kier molecular flexibility index (Phi) is 27.3. The van der Waals surface area contributed by atoms with Crippen molar-refractivity contribution in [2.24, 2.45) is 10.1 Å². The molecular formula is C38H52Cl3N19O8S4. The Balaban J connectivity index is 0.000000240. The third kappa shape index (κ3) is 23.8. The summed E-state index contributed by atoms with van der Waals surface area (Å²) >= 11 is 23.1. The van der Waals surface area contributed by atoms with Crippen molar-refractivity contribution < 1.29 is 19.8 Å². The number of pyridine rings is 1. The van der Waals surface area contributed by atoms with Crippen LogP contribution in [0.5, 0.6) is 0 Å². The molecule has 7 rings (SSSR count). The number of aromatic nitrogens is 3. The van der Waals surface area contributed by atoms with Crippen molar-refractivity contribution in [3.63, 3.8) is 0 Å². The van der Waals surface area contributed by atoms with Gasteiger partial charge < -0.3 is 45.8 Å². The van der Waals surface area contributed by atoms with E-state index >= 15 is 0 Å². The zero-order valence-corrected chi connectivity index (χ0v) is 44.8. The van der Waals surface area contributed by atoms with E-state index < -0.39 is 19.8 Å². The van der Waals surface area contributed by atoms with Crippen LogP contribution in [-0.2, 0) is 19.6 Å². The van der Waals surface area contributed by atoms with Crippen LogP contribution in [0.1, 0.15) is 21.7 Å². The van der Waals surface area contributed by atoms with Crippen molar-refractivity contribution >= 4 is 92.9 Å². The van der Waals surface area contributed by atoms with E-state index in [2.05, 4.69) is 46.3 Å². The van der Waals surface area contributed by atoms with Crippen LogP contribution in [0.2, 0.25) is 14.1 Å². The molecule has 4 saturated heterocycles. The van der Waals surface area contributed by atoms with Gasteiger partial charge in [-0.1, -0.05) is 40.9 Å². The lowest BCUT2D eigenvalue weighted by Crippen LogP contribution is -2.37. The van der Waals surface area contributed by atoms with Gasteiger partial charge in [-0.3, -0.25) is 30.3 Å². The number of guanidine groups is 2. The Morgan fingerprint density at radius 2 is 1.38 bits per heavy atom. The van der Waals surface area contributed by atoms with Gasteiger partial charge in [0.25, 0.3) is 24.6 Å². The summed E-state index contributed by atoms with van der Waals surface area (Å²) < 4.78 is 0.955. The Morgan fingerprint density at radius 1 is 0.806 bits per heavy atom. The zero-order chi connectivity index (χ0) is 53.0. The predicted molar refractivity (Wildman–Crippen MR) is 281 cm³/mol. The van der Waals surface area contributed by atoms with Gasteiger partial charge in [0.1, 0.15) is 15.3 Å². The number of rotatable bonds is 13. The second-order valence-electron chi connectivity index (χ2n) is 14.7. The van der Waals surface area contributed by atoms with Crippen molar-refractivity contribution in [1.29, 1.82) is 5.26 Å². The smallest absolute Gasteiger partial charge is 0.274 e. The quantitative estimate of drug-likeness (QED) is 0.0449. The van der Waals surface area contributed by atoms with E-state index in [9.17, 15) is 40.5 Å². The number of aliphatic imine (C=N–C) groups is 1. The SMILES string of the molecule is CN(C)C(=NC#N)N(C)Cc1ccc(Cl)nc1.CSCCN1CCNC1=C[N+](=O)[O-].O=[N+]([O-])/C=C1\NCCN1Cc1cnc(Cl)s1.O=[N+]([O-])/N=C1\NCCN1Cc1cnc(Cl)s1.O=[N+]([O-])C=C1NCCCS1. The van der Waals surface area contributed by atoms with E-state index in [0.29, 0.717) is 76.0 Å². The van der Waals surface area contributed by atoms with Crippen molar-refractivity contribution in [1.82, 2.24) is 60.7 Å². The second kappa shape index (κ2) is 32.7. The van der Waals surface area contributed by atoms with E-state index in [1.165, 1.54) is 34.4 Å². The molecule has 0 saturated carbocycles. The maximum Gasteiger partial charge on any atom is 0.274 e. The molecule has 0 aliphatic carbocycles. The molecule has 0 amide bonds. The van der Waals surface area contributed by atoms with Gasteiger partial charge in [0, 0.05) is 120 Å². The molecule has 4 aliphatic heterocycles. The first-order chi connectivity index (χ1) is 34.4. The topological polar surface area (TPSA) is 324 Å². The van der Waals surface area contributed by atoms with Crippen LogP contribution in [0.15, 0.2) is 76.1 Å². The number of thiazole rings is 2. The fourth-order valence-corrected chi connectivity index (χ4v) is 9.58. The number of hydrazone groups is 1. The van der Waals surface area contributed by atoms with Crippen LogP contribution < -0.4 is 21.3 Å². The van der Waals surface area contributed by atoms with Crippen molar-refractivity contribution in [2.45, 2.75) is 26.1 Å². The summed E-state index contributed by atoms with van der Waals surface area (Å²) in [6, 6.07) is 3.63. The number of hydrogen-bond donors (Lipinski definition) is 4. The number of nitrogens with zero attached hydrogens (tertiary/aromatic N) is 15. The first-order valence-corrected chi connectivity index (χ1v) is 26.3. The van der Waals surface area contributed by atoms with Crippen LogP contribution >= 0.6 is 81.0 Å².